The maximum atomic E-state index is 12.4. The van der Waals surface area contributed by atoms with Crippen molar-refractivity contribution < 1.29 is 9.59 Å². The summed E-state index contributed by atoms with van der Waals surface area (Å²) in [5.74, 6) is 1.18. The summed E-state index contributed by atoms with van der Waals surface area (Å²) in [7, 11) is 2.03. The fourth-order valence-electron chi connectivity index (χ4n) is 3.66. The molecule has 0 aliphatic carbocycles. The monoisotopic (exact) mass is 356 g/mol. The summed E-state index contributed by atoms with van der Waals surface area (Å²) in [6, 6.07) is 8.11. The SMILES string of the molecule is CCC(=O)N1CCCC(C(=O)NCCCc2nc3ccccc3n2C)C1. The van der Waals surface area contributed by atoms with Gasteiger partial charge in [0.25, 0.3) is 0 Å². The maximum Gasteiger partial charge on any atom is 0.224 e. The molecule has 2 heterocycles. The minimum Gasteiger partial charge on any atom is -0.356 e. The van der Waals surface area contributed by atoms with E-state index in [-0.39, 0.29) is 17.7 Å². The first-order valence-corrected chi connectivity index (χ1v) is 9.56. The number of hydrogen-bond donors (Lipinski definition) is 1. The average Bonchev–Trinajstić information content (AvgIpc) is 3.00. The molecule has 1 aromatic heterocycles. The Morgan fingerprint density at radius 3 is 2.88 bits per heavy atom. The van der Waals surface area contributed by atoms with Gasteiger partial charge in [0, 0.05) is 39.5 Å². The van der Waals surface area contributed by atoms with Crippen LogP contribution in [0.1, 0.15) is 38.4 Å². The lowest BCUT2D eigenvalue weighted by Gasteiger charge is -2.31. The number of aromatic nitrogens is 2. The summed E-state index contributed by atoms with van der Waals surface area (Å²) < 4.78 is 2.12. The van der Waals surface area contributed by atoms with E-state index in [0.29, 0.717) is 19.5 Å². The summed E-state index contributed by atoms with van der Waals surface area (Å²) in [5.41, 5.74) is 2.14. The van der Waals surface area contributed by atoms with Crippen molar-refractivity contribution in [2.75, 3.05) is 19.6 Å². The lowest BCUT2D eigenvalue weighted by Crippen LogP contribution is -2.45. The molecule has 0 bridgehead atoms. The van der Waals surface area contributed by atoms with Crippen LogP contribution in [0, 0.1) is 5.92 Å². The molecule has 1 aliphatic heterocycles. The normalized spacial score (nSPS) is 17.5. The summed E-state index contributed by atoms with van der Waals surface area (Å²) in [5, 5.41) is 3.04. The molecule has 1 saturated heterocycles. The average molecular weight is 356 g/mol. The highest BCUT2D eigenvalue weighted by molar-refractivity contribution is 5.81. The van der Waals surface area contributed by atoms with E-state index < -0.39 is 0 Å². The topological polar surface area (TPSA) is 67.2 Å². The lowest BCUT2D eigenvalue weighted by molar-refractivity contribution is -0.135. The highest BCUT2D eigenvalue weighted by Crippen LogP contribution is 2.18. The highest BCUT2D eigenvalue weighted by Gasteiger charge is 2.27. The third-order valence-corrected chi connectivity index (χ3v) is 5.20. The molecule has 26 heavy (non-hydrogen) atoms. The molecule has 1 atom stereocenters. The van der Waals surface area contributed by atoms with Crippen LogP contribution in [0.3, 0.4) is 0 Å². The molecule has 140 valence electrons. The van der Waals surface area contributed by atoms with Crippen LogP contribution in [0.15, 0.2) is 24.3 Å². The number of imidazole rings is 1. The van der Waals surface area contributed by atoms with Crippen molar-refractivity contribution in [3.63, 3.8) is 0 Å². The highest BCUT2D eigenvalue weighted by atomic mass is 16.2. The van der Waals surface area contributed by atoms with Crippen molar-refractivity contribution in [1.82, 2.24) is 19.8 Å². The summed E-state index contributed by atoms with van der Waals surface area (Å²) in [6.07, 6.45) is 3.96. The van der Waals surface area contributed by atoms with Crippen molar-refractivity contribution in [1.29, 1.82) is 0 Å². The molecule has 1 N–H and O–H groups in total. The maximum absolute atomic E-state index is 12.4. The molecule has 0 spiro atoms. The van der Waals surface area contributed by atoms with Gasteiger partial charge in [-0.3, -0.25) is 9.59 Å². The van der Waals surface area contributed by atoms with Crippen LogP contribution in [0.5, 0.6) is 0 Å². The van der Waals surface area contributed by atoms with Gasteiger partial charge in [-0.25, -0.2) is 4.98 Å². The molecule has 0 saturated carbocycles. The van der Waals surface area contributed by atoms with Crippen LogP contribution < -0.4 is 5.32 Å². The molecular weight excluding hydrogens is 328 g/mol. The second-order valence-corrected chi connectivity index (χ2v) is 7.00. The first kappa shape index (κ1) is 18.4. The number of nitrogens with one attached hydrogen (secondary N) is 1. The van der Waals surface area contributed by atoms with Gasteiger partial charge in [-0.2, -0.15) is 0 Å². The van der Waals surface area contributed by atoms with Crippen molar-refractivity contribution in [2.24, 2.45) is 13.0 Å². The van der Waals surface area contributed by atoms with Gasteiger partial charge < -0.3 is 14.8 Å². The molecule has 2 aromatic rings. The number of carbonyl (C=O) groups excluding carboxylic acids is 2. The van der Waals surface area contributed by atoms with Gasteiger partial charge in [-0.15, -0.1) is 0 Å². The summed E-state index contributed by atoms with van der Waals surface area (Å²) >= 11 is 0. The zero-order valence-corrected chi connectivity index (χ0v) is 15.7. The van der Waals surface area contributed by atoms with Crippen molar-refractivity contribution in [3.8, 4) is 0 Å². The van der Waals surface area contributed by atoms with Gasteiger partial charge in [0.15, 0.2) is 0 Å². The van der Waals surface area contributed by atoms with E-state index in [4.69, 9.17) is 0 Å². The molecule has 2 amide bonds. The Labute approximate surface area is 154 Å². The molecule has 0 radical (unpaired) electrons. The van der Waals surface area contributed by atoms with E-state index in [1.807, 2.05) is 37.1 Å². The van der Waals surface area contributed by atoms with Gasteiger partial charge >= 0.3 is 0 Å². The first-order valence-electron chi connectivity index (χ1n) is 9.56. The second-order valence-electron chi connectivity index (χ2n) is 7.00. The third-order valence-electron chi connectivity index (χ3n) is 5.20. The molecule has 1 unspecified atom stereocenters. The van der Waals surface area contributed by atoms with Crippen LogP contribution in [-0.2, 0) is 23.1 Å². The zero-order valence-electron chi connectivity index (χ0n) is 15.7. The fraction of sp³-hybridized carbons (Fsp3) is 0.550. The minimum atomic E-state index is -0.0741. The smallest absolute Gasteiger partial charge is 0.224 e. The molecule has 6 nitrogen and oxygen atoms in total. The predicted molar refractivity (Wildman–Crippen MR) is 102 cm³/mol. The van der Waals surface area contributed by atoms with Gasteiger partial charge in [0.05, 0.1) is 17.0 Å². The van der Waals surface area contributed by atoms with E-state index >= 15 is 0 Å². The van der Waals surface area contributed by atoms with Crippen LogP contribution in [0.2, 0.25) is 0 Å². The molecule has 1 aliphatic rings. The number of piperidine rings is 1. The van der Waals surface area contributed by atoms with Crippen LogP contribution in [-0.4, -0.2) is 45.9 Å². The number of nitrogens with zero attached hydrogens (tertiary/aromatic N) is 3. The quantitative estimate of drug-likeness (QED) is 0.808. The molecular formula is C20H28N4O2. The van der Waals surface area contributed by atoms with E-state index in [0.717, 1.165) is 49.1 Å². The van der Waals surface area contributed by atoms with E-state index in [2.05, 4.69) is 20.9 Å². The summed E-state index contributed by atoms with van der Waals surface area (Å²) in [4.78, 5) is 30.7. The Balaban J connectivity index is 1.46. The Kier molecular flexibility index (Phi) is 5.91. The number of amides is 2. The largest absolute Gasteiger partial charge is 0.356 e. The molecule has 3 rings (SSSR count). The van der Waals surface area contributed by atoms with Crippen molar-refractivity contribution >= 4 is 22.8 Å². The Bertz CT molecular complexity index is 783. The van der Waals surface area contributed by atoms with Crippen molar-refractivity contribution in [3.05, 3.63) is 30.1 Å². The van der Waals surface area contributed by atoms with E-state index in [1.54, 1.807) is 0 Å². The molecule has 6 heteroatoms. The van der Waals surface area contributed by atoms with Gasteiger partial charge in [0.1, 0.15) is 5.82 Å². The second kappa shape index (κ2) is 8.34. The van der Waals surface area contributed by atoms with Crippen LogP contribution in [0.4, 0.5) is 0 Å². The number of carbonyl (C=O) groups is 2. The number of hydrogen-bond acceptors (Lipinski definition) is 3. The zero-order chi connectivity index (χ0) is 18.5. The van der Waals surface area contributed by atoms with Crippen LogP contribution >= 0.6 is 0 Å². The van der Waals surface area contributed by atoms with Gasteiger partial charge in [-0.05, 0) is 31.4 Å². The van der Waals surface area contributed by atoms with Gasteiger partial charge in [0.2, 0.25) is 11.8 Å². The fourth-order valence-corrected chi connectivity index (χ4v) is 3.66. The number of rotatable bonds is 6. The Hall–Kier alpha value is -2.37. The van der Waals surface area contributed by atoms with E-state index in [1.165, 1.54) is 0 Å². The number of aryl methyl sites for hydroxylation is 2. The van der Waals surface area contributed by atoms with Crippen molar-refractivity contribution in [2.45, 2.75) is 39.0 Å². The van der Waals surface area contributed by atoms with Gasteiger partial charge in [-0.1, -0.05) is 19.1 Å². The first-order chi connectivity index (χ1) is 12.6. The number of likely N-dealkylation sites (tertiary alicyclic amines) is 1. The standard InChI is InChI=1S/C20H28N4O2/c1-3-19(25)24-13-7-8-15(14-24)20(26)21-12-6-11-18-22-16-9-4-5-10-17(16)23(18)2/h4-5,9-10,15H,3,6-8,11-14H2,1-2H3,(H,21,26). The Morgan fingerprint density at radius 2 is 2.12 bits per heavy atom. The third kappa shape index (κ3) is 4.06. The molecule has 1 fully saturated rings. The Morgan fingerprint density at radius 1 is 1.31 bits per heavy atom. The number of fused-ring (bicyclic) bond motifs is 1. The minimum absolute atomic E-state index is 0.0728. The van der Waals surface area contributed by atoms with Crippen LogP contribution in [0.25, 0.3) is 11.0 Å². The number of benzene rings is 1. The number of para-hydroxylation sites is 2. The van der Waals surface area contributed by atoms with E-state index in [9.17, 15) is 9.59 Å². The summed E-state index contributed by atoms with van der Waals surface area (Å²) in [6.45, 7) is 3.85. The molecule has 1 aromatic carbocycles. The predicted octanol–water partition coefficient (Wildman–Crippen LogP) is 2.27. The lowest BCUT2D eigenvalue weighted by atomic mass is 9.97.